The third-order valence-electron chi connectivity index (χ3n) is 2.08. The van der Waals surface area contributed by atoms with Gasteiger partial charge < -0.3 is 0 Å². The lowest BCUT2D eigenvalue weighted by Crippen LogP contribution is -2.11. The first kappa shape index (κ1) is 12.0. The molecule has 0 spiro atoms. The van der Waals surface area contributed by atoms with Crippen molar-refractivity contribution in [2.24, 2.45) is 0 Å². The second-order valence-electron chi connectivity index (χ2n) is 3.32. The topological polar surface area (TPSA) is 54.9 Å². The van der Waals surface area contributed by atoms with Crippen molar-refractivity contribution in [1.82, 2.24) is 10.2 Å². The van der Waals surface area contributed by atoms with Crippen molar-refractivity contribution in [2.75, 3.05) is 5.32 Å². The van der Waals surface area contributed by atoms with Crippen LogP contribution >= 0.6 is 22.9 Å². The van der Waals surface area contributed by atoms with E-state index in [2.05, 4.69) is 15.5 Å². The summed E-state index contributed by atoms with van der Waals surface area (Å²) in [5.41, 5.74) is 0.505. The van der Waals surface area contributed by atoms with E-state index >= 15 is 0 Å². The minimum atomic E-state index is -0.230. The van der Waals surface area contributed by atoms with E-state index in [4.69, 9.17) is 11.6 Å². The fourth-order valence-corrected chi connectivity index (χ4v) is 2.11. The third-order valence-corrected chi connectivity index (χ3v) is 3.29. The number of nitrogens with one attached hydrogen (secondary N) is 1. The van der Waals surface area contributed by atoms with Crippen molar-refractivity contribution >= 4 is 34.0 Å². The van der Waals surface area contributed by atoms with Crippen LogP contribution in [0.15, 0.2) is 24.3 Å². The molecule has 0 radical (unpaired) electrons. The van der Waals surface area contributed by atoms with E-state index in [-0.39, 0.29) is 5.91 Å². The average Bonchev–Trinajstić information content (AvgIpc) is 2.77. The highest BCUT2D eigenvalue weighted by Crippen LogP contribution is 2.17. The van der Waals surface area contributed by atoms with Crippen LogP contribution in [0.2, 0.25) is 5.02 Å². The van der Waals surface area contributed by atoms with E-state index in [1.54, 1.807) is 24.3 Å². The number of amides is 1. The molecule has 1 aromatic carbocycles. The normalized spacial score (nSPS) is 10.2. The number of hydrogen-bond donors (Lipinski definition) is 1. The van der Waals surface area contributed by atoms with Gasteiger partial charge in [-0.05, 0) is 24.6 Å². The summed E-state index contributed by atoms with van der Waals surface area (Å²) >= 11 is 7.19. The summed E-state index contributed by atoms with van der Waals surface area (Å²) in [4.78, 5) is 11.8. The lowest BCUT2D eigenvalue weighted by Gasteiger charge is -2.00. The molecule has 0 saturated heterocycles. The Kier molecular flexibility index (Phi) is 3.71. The molecule has 0 aliphatic carbocycles. The van der Waals surface area contributed by atoms with Gasteiger partial charge in [-0.3, -0.25) is 10.1 Å². The van der Waals surface area contributed by atoms with Gasteiger partial charge in [-0.25, -0.2) is 0 Å². The highest BCUT2D eigenvalue weighted by molar-refractivity contribution is 7.15. The van der Waals surface area contributed by atoms with Crippen LogP contribution in [-0.4, -0.2) is 16.1 Å². The second kappa shape index (κ2) is 5.25. The maximum absolute atomic E-state index is 11.8. The quantitative estimate of drug-likeness (QED) is 0.930. The fourth-order valence-electron chi connectivity index (χ4n) is 1.25. The summed E-state index contributed by atoms with van der Waals surface area (Å²) in [7, 11) is 0. The number of anilines is 1. The number of nitrogens with zero attached hydrogens (tertiary/aromatic N) is 2. The zero-order chi connectivity index (χ0) is 12.3. The van der Waals surface area contributed by atoms with Gasteiger partial charge in [0.15, 0.2) is 0 Å². The van der Waals surface area contributed by atoms with Gasteiger partial charge in [0, 0.05) is 10.6 Å². The maximum atomic E-state index is 11.8. The summed E-state index contributed by atoms with van der Waals surface area (Å²) in [6.07, 6.45) is 0.810. The van der Waals surface area contributed by atoms with Crippen LogP contribution in [0.25, 0.3) is 0 Å². The molecule has 1 aromatic heterocycles. The van der Waals surface area contributed by atoms with Crippen molar-refractivity contribution in [3.63, 3.8) is 0 Å². The summed E-state index contributed by atoms with van der Waals surface area (Å²) in [6.45, 7) is 1.99. The lowest BCUT2D eigenvalue weighted by molar-refractivity contribution is 0.102. The van der Waals surface area contributed by atoms with Gasteiger partial charge in [0.25, 0.3) is 5.91 Å². The molecule has 2 aromatic rings. The molecule has 1 N–H and O–H groups in total. The van der Waals surface area contributed by atoms with Crippen LogP contribution in [0.4, 0.5) is 5.13 Å². The predicted octanol–water partition coefficient (Wildman–Crippen LogP) is 3.01. The Morgan fingerprint density at radius 2 is 2.29 bits per heavy atom. The molecule has 0 fully saturated rings. The minimum absolute atomic E-state index is 0.230. The Balaban J connectivity index is 2.11. The van der Waals surface area contributed by atoms with E-state index in [1.807, 2.05) is 6.92 Å². The summed E-state index contributed by atoms with van der Waals surface area (Å²) in [5, 5.41) is 12.4. The zero-order valence-corrected chi connectivity index (χ0v) is 10.7. The third kappa shape index (κ3) is 3.01. The van der Waals surface area contributed by atoms with Crippen molar-refractivity contribution < 1.29 is 4.79 Å². The summed E-state index contributed by atoms with van der Waals surface area (Å²) in [5.74, 6) is -0.230. The first-order valence-corrected chi connectivity index (χ1v) is 6.28. The summed E-state index contributed by atoms with van der Waals surface area (Å²) in [6, 6.07) is 6.76. The number of hydrogen-bond acceptors (Lipinski definition) is 4. The van der Waals surface area contributed by atoms with Crippen LogP contribution in [0.3, 0.4) is 0 Å². The van der Waals surface area contributed by atoms with E-state index in [0.717, 1.165) is 11.4 Å². The van der Waals surface area contributed by atoms with Gasteiger partial charge in [-0.2, -0.15) is 0 Å². The predicted molar refractivity (Wildman–Crippen MR) is 68.7 cm³/mol. The van der Waals surface area contributed by atoms with E-state index in [1.165, 1.54) is 11.3 Å². The fraction of sp³-hybridized carbons (Fsp3) is 0.182. The molecule has 0 bridgehead atoms. The first-order chi connectivity index (χ1) is 8.19. The molecule has 6 heteroatoms. The van der Waals surface area contributed by atoms with Gasteiger partial charge in [-0.15, -0.1) is 10.2 Å². The van der Waals surface area contributed by atoms with E-state index in [0.29, 0.717) is 15.7 Å². The monoisotopic (exact) mass is 267 g/mol. The number of rotatable bonds is 3. The van der Waals surface area contributed by atoms with Crippen LogP contribution in [0.1, 0.15) is 22.3 Å². The Morgan fingerprint density at radius 1 is 1.47 bits per heavy atom. The Bertz CT molecular complexity index is 541. The van der Waals surface area contributed by atoms with Crippen LogP contribution < -0.4 is 5.32 Å². The molecule has 0 unspecified atom stereocenters. The van der Waals surface area contributed by atoms with Gasteiger partial charge in [0.2, 0.25) is 5.13 Å². The molecular formula is C11H10ClN3OS. The maximum Gasteiger partial charge on any atom is 0.257 e. The largest absolute Gasteiger partial charge is 0.296 e. The number of aryl methyl sites for hydroxylation is 1. The van der Waals surface area contributed by atoms with E-state index < -0.39 is 0 Å². The van der Waals surface area contributed by atoms with Crippen molar-refractivity contribution in [1.29, 1.82) is 0 Å². The Morgan fingerprint density at radius 3 is 2.94 bits per heavy atom. The molecule has 0 saturated carbocycles. The second-order valence-corrected chi connectivity index (χ2v) is 4.82. The Labute approximate surface area is 108 Å². The van der Waals surface area contributed by atoms with Gasteiger partial charge in [0.05, 0.1) is 0 Å². The molecule has 17 heavy (non-hydrogen) atoms. The number of aromatic nitrogens is 2. The van der Waals surface area contributed by atoms with Crippen LogP contribution in [0, 0.1) is 0 Å². The molecule has 4 nitrogen and oxygen atoms in total. The number of benzene rings is 1. The molecular weight excluding hydrogens is 258 g/mol. The smallest absolute Gasteiger partial charge is 0.257 e. The van der Waals surface area contributed by atoms with E-state index in [9.17, 15) is 4.79 Å². The number of carbonyl (C=O) groups is 1. The molecule has 88 valence electrons. The van der Waals surface area contributed by atoms with Crippen molar-refractivity contribution in [3.8, 4) is 0 Å². The molecule has 0 aliphatic rings. The van der Waals surface area contributed by atoms with Gasteiger partial charge >= 0.3 is 0 Å². The first-order valence-electron chi connectivity index (χ1n) is 5.08. The van der Waals surface area contributed by atoms with Crippen LogP contribution in [0.5, 0.6) is 0 Å². The average molecular weight is 268 g/mol. The highest BCUT2D eigenvalue weighted by Gasteiger charge is 2.09. The highest BCUT2D eigenvalue weighted by atomic mass is 35.5. The molecule has 0 atom stereocenters. The molecule has 1 amide bonds. The molecule has 2 rings (SSSR count). The number of halogens is 1. The van der Waals surface area contributed by atoms with Gasteiger partial charge in [0.1, 0.15) is 5.01 Å². The van der Waals surface area contributed by atoms with Crippen LogP contribution in [-0.2, 0) is 6.42 Å². The van der Waals surface area contributed by atoms with Crippen molar-refractivity contribution in [3.05, 3.63) is 39.9 Å². The zero-order valence-electron chi connectivity index (χ0n) is 9.11. The SMILES string of the molecule is CCc1nnc(NC(=O)c2cccc(Cl)c2)s1. The Hall–Kier alpha value is -1.46. The van der Waals surface area contributed by atoms with Crippen molar-refractivity contribution in [2.45, 2.75) is 13.3 Å². The molecule has 0 aliphatic heterocycles. The lowest BCUT2D eigenvalue weighted by atomic mass is 10.2. The van der Waals surface area contributed by atoms with Gasteiger partial charge in [-0.1, -0.05) is 35.9 Å². The summed E-state index contributed by atoms with van der Waals surface area (Å²) < 4.78 is 0. The number of carbonyl (C=O) groups excluding carboxylic acids is 1. The minimum Gasteiger partial charge on any atom is -0.296 e. The standard InChI is InChI=1S/C11H10ClN3OS/c1-2-9-14-15-11(17-9)13-10(16)7-4-3-5-8(12)6-7/h3-6H,2H2,1H3,(H,13,15,16). The molecule has 1 heterocycles.